The Morgan fingerprint density at radius 2 is 2.13 bits per heavy atom. The molecule has 0 saturated heterocycles. The molecule has 3 N–H and O–H groups in total. The fraction of sp³-hybridized carbons (Fsp3) is 0.500. The van der Waals surface area contributed by atoms with Gasteiger partial charge in [0, 0.05) is 25.0 Å². The zero-order valence-corrected chi connectivity index (χ0v) is 9.88. The van der Waals surface area contributed by atoms with Gasteiger partial charge in [-0.05, 0) is 50.7 Å². The number of aryl methyl sites for hydroxylation is 1. The van der Waals surface area contributed by atoms with Gasteiger partial charge in [0.1, 0.15) is 0 Å². The Bertz CT molecular complexity index is 310. The number of benzene rings is 1. The first-order valence-corrected chi connectivity index (χ1v) is 5.37. The molecule has 1 aromatic rings. The number of nitrogens with two attached hydrogens (primary N) is 1. The van der Waals surface area contributed by atoms with Gasteiger partial charge in [0.25, 0.3) is 0 Å². The average Bonchev–Trinajstić information content (AvgIpc) is 2.22. The Hall–Kier alpha value is -1.22. The third kappa shape index (κ3) is 3.44. The highest BCUT2D eigenvalue weighted by molar-refractivity contribution is 5.57. The molecule has 84 valence electrons. The minimum atomic E-state index is 0.863. The highest BCUT2D eigenvalue weighted by Gasteiger charge is 2.01. The second-order valence-electron chi connectivity index (χ2n) is 3.92. The van der Waals surface area contributed by atoms with Gasteiger partial charge in [0.2, 0.25) is 0 Å². The van der Waals surface area contributed by atoms with Gasteiger partial charge in [-0.3, -0.25) is 0 Å². The van der Waals surface area contributed by atoms with Gasteiger partial charge in [-0.2, -0.15) is 0 Å². The van der Waals surface area contributed by atoms with Crippen LogP contribution in [-0.2, 0) is 0 Å². The van der Waals surface area contributed by atoms with Crippen LogP contribution in [0.4, 0.5) is 11.4 Å². The lowest BCUT2D eigenvalue weighted by Gasteiger charge is -2.20. The SMILES string of the molecule is CNCCCN(C)c1ccc(N)c(C)c1. The lowest BCUT2D eigenvalue weighted by atomic mass is 10.1. The van der Waals surface area contributed by atoms with E-state index in [0.717, 1.165) is 30.8 Å². The molecule has 0 heterocycles. The Balaban J connectivity index is 2.57. The normalized spacial score (nSPS) is 10.3. The number of hydrogen-bond acceptors (Lipinski definition) is 3. The molecule has 0 aromatic heterocycles. The van der Waals surface area contributed by atoms with Crippen LogP contribution in [0.5, 0.6) is 0 Å². The topological polar surface area (TPSA) is 41.3 Å². The van der Waals surface area contributed by atoms with Gasteiger partial charge in [-0.1, -0.05) is 0 Å². The predicted octanol–water partition coefficient (Wildman–Crippen LogP) is 1.62. The minimum Gasteiger partial charge on any atom is -0.399 e. The lowest BCUT2D eigenvalue weighted by Crippen LogP contribution is -2.22. The maximum Gasteiger partial charge on any atom is 0.0367 e. The molecule has 0 bridgehead atoms. The van der Waals surface area contributed by atoms with Crippen molar-refractivity contribution in [2.75, 3.05) is 37.8 Å². The minimum absolute atomic E-state index is 0.863. The number of rotatable bonds is 5. The molecule has 0 aliphatic carbocycles. The first-order chi connectivity index (χ1) is 7.15. The van der Waals surface area contributed by atoms with E-state index in [0.29, 0.717) is 0 Å². The monoisotopic (exact) mass is 207 g/mol. The van der Waals surface area contributed by atoms with Crippen molar-refractivity contribution in [3.63, 3.8) is 0 Å². The van der Waals surface area contributed by atoms with E-state index >= 15 is 0 Å². The molecule has 3 nitrogen and oxygen atoms in total. The fourth-order valence-corrected chi connectivity index (χ4v) is 1.52. The summed E-state index contributed by atoms with van der Waals surface area (Å²) < 4.78 is 0. The highest BCUT2D eigenvalue weighted by atomic mass is 15.1. The van der Waals surface area contributed by atoms with Gasteiger partial charge in [-0.25, -0.2) is 0 Å². The second-order valence-corrected chi connectivity index (χ2v) is 3.92. The molecule has 0 aliphatic heterocycles. The molecular weight excluding hydrogens is 186 g/mol. The summed E-state index contributed by atoms with van der Waals surface area (Å²) in [5.41, 5.74) is 9.03. The molecule has 3 heteroatoms. The molecule has 0 fully saturated rings. The number of hydrogen-bond donors (Lipinski definition) is 2. The van der Waals surface area contributed by atoms with Gasteiger partial charge in [-0.15, -0.1) is 0 Å². The van der Waals surface area contributed by atoms with Crippen LogP contribution in [0.2, 0.25) is 0 Å². The molecule has 1 rings (SSSR count). The third-order valence-corrected chi connectivity index (χ3v) is 2.61. The largest absolute Gasteiger partial charge is 0.399 e. The first kappa shape index (κ1) is 11.9. The smallest absolute Gasteiger partial charge is 0.0367 e. The van der Waals surface area contributed by atoms with E-state index in [1.54, 1.807) is 0 Å². The summed E-state index contributed by atoms with van der Waals surface area (Å²) >= 11 is 0. The fourth-order valence-electron chi connectivity index (χ4n) is 1.52. The van der Waals surface area contributed by atoms with Crippen molar-refractivity contribution in [2.24, 2.45) is 0 Å². The van der Waals surface area contributed by atoms with Crippen LogP contribution in [0.15, 0.2) is 18.2 Å². The van der Waals surface area contributed by atoms with Crippen LogP contribution in [0.25, 0.3) is 0 Å². The molecule has 0 amide bonds. The summed E-state index contributed by atoms with van der Waals surface area (Å²) in [5, 5.41) is 3.15. The van der Waals surface area contributed by atoms with Crippen LogP contribution in [0.1, 0.15) is 12.0 Å². The molecule has 0 spiro atoms. The zero-order valence-electron chi connectivity index (χ0n) is 9.88. The van der Waals surface area contributed by atoms with Crippen molar-refractivity contribution >= 4 is 11.4 Å². The lowest BCUT2D eigenvalue weighted by molar-refractivity contribution is 0.713. The molecule has 0 aliphatic rings. The van der Waals surface area contributed by atoms with E-state index in [9.17, 15) is 0 Å². The van der Waals surface area contributed by atoms with E-state index in [1.807, 2.05) is 20.0 Å². The average molecular weight is 207 g/mol. The highest BCUT2D eigenvalue weighted by Crippen LogP contribution is 2.19. The number of nitrogen functional groups attached to an aromatic ring is 1. The molecule has 15 heavy (non-hydrogen) atoms. The maximum absolute atomic E-state index is 5.78. The van der Waals surface area contributed by atoms with Crippen molar-refractivity contribution in [2.45, 2.75) is 13.3 Å². The summed E-state index contributed by atoms with van der Waals surface area (Å²) in [6, 6.07) is 6.18. The molecule has 0 unspecified atom stereocenters. The molecular formula is C12H21N3. The van der Waals surface area contributed by atoms with Crippen molar-refractivity contribution < 1.29 is 0 Å². The van der Waals surface area contributed by atoms with Crippen LogP contribution in [0, 0.1) is 6.92 Å². The van der Waals surface area contributed by atoms with E-state index < -0.39 is 0 Å². The number of nitrogens with zero attached hydrogens (tertiary/aromatic N) is 1. The Kier molecular flexibility index (Phi) is 4.43. The summed E-state index contributed by atoms with van der Waals surface area (Å²) in [6.45, 7) is 4.16. The zero-order chi connectivity index (χ0) is 11.3. The van der Waals surface area contributed by atoms with Crippen molar-refractivity contribution in [3.8, 4) is 0 Å². The Morgan fingerprint density at radius 3 is 2.73 bits per heavy atom. The van der Waals surface area contributed by atoms with Gasteiger partial charge >= 0.3 is 0 Å². The van der Waals surface area contributed by atoms with E-state index in [2.05, 4.69) is 29.4 Å². The first-order valence-electron chi connectivity index (χ1n) is 5.37. The van der Waals surface area contributed by atoms with E-state index in [4.69, 9.17) is 5.73 Å². The molecule has 0 radical (unpaired) electrons. The quantitative estimate of drug-likeness (QED) is 0.569. The predicted molar refractivity (Wildman–Crippen MR) is 67.4 cm³/mol. The van der Waals surface area contributed by atoms with E-state index in [1.165, 1.54) is 5.69 Å². The number of nitrogens with one attached hydrogen (secondary N) is 1. The van der Waals surface area contributed by atoms with Crippen LogP contribution >= 0.6 is 0 Å². The van der Waals surface area contributed by atoms with E-state index in [-0.39, 0.29) is 0 Å². The van der Waals surface area contributed by atoms with Gasteiger partial charge < -0.3 is 16.0 Å². The summed E-state index contributed by atoms with van der Waals surface area (Å²) in [7, 11) is 4.09. The maximum atomic E-state index is 5.78. The summed E-state index contributed by atoms with van der Waals surface area (Å²) in [6.07, 6.45) is 1.15. The molecule has 0 saturated carbocycles. The van der Waals surface area contributed by atoms with Crippen LogP contribution in [-0.4, -0.2) is 27.2 Å². The Morgan fingerprint density at radius 1 is 1.40 bits per heavy atom. The molecule has 0 atom stereocenters. The second kappa shape index (κ2) is 5.61. The standard InChI is InChI=1S/C12H21N3/c1-10-9-11(5-6-12(10)13)15(3)8-4-7-14-2/h5-6,9,14H,4,7-8,13H2,1-3H3. The van der Waals surface area contributed by atoms with Gasteiger partial charge in [0.05, 0.1) is 0 Å². The van der Waals surface area contributed by atoms with Crippen LogP contribution < -0.4 is 16.0 Å². The van der Waals surface area contributed by atoms with Crippen molar-refractivity contribution in [1.82, 2.24) is 5.32 Å². The Labute approximate surface area is 92.3 Å². The van der Waals surface area contributed by atoms with Crippen molar-refractivity contribution in [1.29, 1.82) is 0 Å². The molecule has 1 aromatic carbocycles. The number of anilines is 2. The van der Waals surface area contributed by atoms with Gasteiger partial charge in [0.15, 0.2) is 0 Å². The van der Waals surface area contributed by atoms with Crippen LogP contribution in [0.3, 0.4) is 0 Å². The van der Waals surface area contributed by atoms with Crippen molar-refractivity contribution in [3.05, 3.63) is 23.8 Å². The summed E-state index contributed by atoms with van der Waals surface area (Å²) in [4.78, 5) is 2.25. The third-order valence-electron chi connectivity index (χ3n) is 2.61. The summed E-state index contributed by atoms with van der Waals surface area (Å²) in [5.74, 6) is 0.